The molecule has 6 nitrogen and oxygen atoms in total. The molecule has 0 amide bonds. The smallest absolute Gasteiger partial charge is 0.348 e. The molecule has 22 heavy (non-hydrogen) atoms. The van der Waals surface area contributed by atoms with Crippen LogP contribution in [0.15, 0.2) is 40.6 Å². The molecule has 118 valence electrons. The number of hydrogen-bond acceptors (Lipinski definition) is 6. The molecule has 1 aromatic carbocycles. The molecule has 0 aliphatic rings. The number of carbonyl (C=O) groups is 1. The molecule has 0 spiro atoms. The van der Waals surface area contributed by atoms with Gasteiger partial charge in [0.1, 0.15) is 23.8 Å². The summed E-state index contributed by atoms with van der Waals surface area (Å²) in [6, 6.07) is 7.54. The van der Waals surface area contributed by atoms with Crippen molar-refractivity contribution in [3.63, 3.8) is 0 Å². The topological polar surface area (TPSA) is 95.7 Å². The lowest BCUT2D eigenvalue weighted by Gasteiger charge is -2.07. The van der Waals surface area contributed by atoms with E-state index in [2.05, 4.69) is 0 Å². The van der Waals surface area contributed by atoms with E-state index in [0.717, 1.165) is 5.56 Å². The Hall–Kier alpha value is -1.90. The molecule has 1 heterocycles. The highest BCUT2D eigenvalue weighted by molar-refractivity contribution is 7.89. The summed E-state index contributed by atoms with van der Waals surface area (Å²) in [4.78, 5) is 12.3. The lowest BCUT2D eigenvalue weighted by Crippen LogP contribution is -2.13. The van der Waals surface area contributed by atoms with Crippen LogP contribution >= 0.6 is 11.3 Å². The molecule has 0 unspecified atom stereocenters. The zero-order valence-corrected chi connectivity index (χ0v) is 13.4. The average Bonchev–Trinajstić information content (AvgIpc) is 2.89. The van der Waals surface area contributed by atoms with Crippen molar-refractivity contribution in [1.29, 1.82) is 0 Å². The van der Waals surface area contributed by atoms with Crippen LogP contribution in [0.3, 0.4) is 0 Å². The number of benzene rings is 1. The highest BCUT2D eigenvalue weighted by atomic mass is 32.2. The summed E-state index contributed by atoms with van der Waals surface area (Å²) in [5, 5.41) is 6.82. The molecule has 0 bridgehead atoms. The highest BCUT2D eigenvalue weighted by Gasteiger charge is 2.11. The van der Waals surface area contributed by atoms with E-state index in [1.807, 2.05) is 18.4 Å². The Morgan fingerprint density at radius 1 is 1.18 bits per heavy atom. The van der Waals surface area contributed by atoms with E-state index in [-0.39, 0.29) is 24.1 Å². The van der Waals surface area contributed by atoms with Crippen LogP contribution in [0.25, 0.3) is 0 Å². The molecule has 0 radical (unpaired) electrons. The van der Waals surface area contributed by atoms with E-state index in [1.54, 1.807) is 0 Å². The van der Waals surface area contributed by atoms with Gasteiger partial charge in [-0.1, -0.05) is 0 Å². The van der Waals surface area contributed by atoms with Crippen molar-refractivity contribution in [3.8, 4) is 5.75 Å². The standard InChI is InChI=1S/C14H15NO5S2/c1-10-6-9-21-13(10)14(16)20-8-7-19-11-2-4-12(5-3-11)22(15,17)18/h2-6,9H,7-8H2,1H3,(H2,15,17,18). The number of rotatable bonds is 6. The predicted octanol–water partition coefficient (Wildman–Crippen LogP) is 1.94. The first-order valence-electron chi connectivity index (χ1n) is 6.35. The van der Waals surface area contributed by atoms with Gasteiger partial charge in [0, 0.05) is 0 Å². The van der Waals surface area contributed by atoms with E-state index >= 15 is 0 Å². The van der Waals surface area contributed by atoms with Crippen molar-refractivity contribution in [2.24, 2.45) is 5.14 Å². The number of nitrogens with two attached hydrogens (primary N) is 1. The number of primary sulfonamides is 1. The Kier molecular flexibility index (Phi) is 5.17. The van der Waals surface area contributed by atoms with Crippen molar-refractivity contribution >= 4 is 27.3 Å². The van der Waals surface area contributed by atoms with Gasteiger partial charge in [0.2, 0.25) is 10.0 Å². The monoisotopic (exact) mass is 341 g/mol. The number of carbonyl (C=O) groups excluding carboxylic acids is 1. The van der Waals surface area contributed by atoms with Gasteiger partial charge in [0.25, 0.3) is 0 Å². The first-order valence-corrected chi connectivity index (χ1v) is 8.77. The molecular formula is C14H15NO5S2. The minimum absolute atomic E-state index is 0.0134. The largest absolute Gasteiger partial charge is 0.490 e. The summed E-state index contributed by atoms with van der Waals surface area (Å²) in [5.41, 5.74) is 0.884. The van der Waals surface area contributed by atoms with Crippen LogP contribution in [0.2, 0.25) is 0 Å². The van der Waals surface area contributed by atoms with Crippen molar-refractivity contribution in [2.75, 3.05) is 13.2 Å². The van der Waals surface area contributed by atoms with E-state index in [1.165, 1.54) is 35.6 Å². The predicted molar refractivity (Wildman–Crippen MR) is 82.6 cm³/mol. The quantitative estimate of drug-likeness (QED) is 0.640. The fourth-order valence-corrected chi connectivity index (χ4v) is 3.00. The molecule has 8 heteroatoms. The van der Waals surface area contributed by atoms with Crippen LogP contribution in [0, 0.1) is 6.92 Å². The van der Waals surface area contributed by atoms with Crippen LogP contribution in [0.1, 0.15) is 15.2 Å². The average molecular weight is 341 g/mol. The van der Waals surface area contributed by atoms with E-state index in [9.17, 15) is 13.2 Å². The summed E-state index contributed by atoms with van der Waals surface area (Å²) in [5.74, 6) is 0.0939. The van der Waals surface area contributed by atoms with Crippen molar-refractivity contribution < 1.29 is 22.7 Å². The van der Waals surface area contributed by atoms with Gasteiger partial charge >= 0.3 is 5.97 Å². The fourth-order valence-electron chi connectivity index (χ4n) is 1.67. The highest BCUT2D eigenvalue weighted by Crippen LogP contribution is 2.17. The van der Waals surface area contributed by atoms with Gasteiger partial charge in [-0.3, -0.25) is 0 Å². The number of sulfonamides is 1. The molecule has 2 rings (SSSR count). The Morgan fingerprint density at radius 2 is 1.86 bits per heavy atom. The maximum Gasteiger partial charge on any atom is 0.348 e. The second-order valence-corrected chi connectivity index (χ2v) is 6.91. The number of ether oxygens (including phenoxy) is 2. The van der Waals surface area contributed by atoms with Gasteiger partial charge in [0.15, 0.2) is 0 Å². The van der Waals surface area contributed by atoms with Crippen LogP contribution in [0.4, 0.5) is 0 Å². The van der Waals surface area contributed by atoms with Crippen LogP contribution < -0.4 is 9.88 Å². The van der Waals surface area contributed by atoms with Crippen molar-refractivity contribution in [1.82, 2.24) is 0 Å². The van der Waals surface area contributed by atoms with Gasteiger partial charge in [-0.25, -0.2) is 18.4 Å². The Bertz CT molecular complexity index is 750. The maximum absolute atomic E-state index is 11.7. The van der Waals surface area contributed by atoms with Crippen LogP contribution in [0.5, 0.6) is 5.75 Å². The van der Waals surface area contributed by atoms with Gasteiger partial charge < -0.3 is 9.47 Å². The van der Waals surface area contributed by atoms with E-state index < -0.39 is 10.0 Å². The maximum atomic E-state index is 11.7. The molecule has 2 N–H and O–H groups in total. The first-order chi connectivity index (χ1) is 10.4. The first kappa shape index (κ1) is 16.5. The van der Waals surface area contributed by atoms with E-state index in [0.29, 0.717) is 10.6 Å². The molecule has 0 fully saturated rings. The zero-order chi connectivity index (χ0) is 16.2. The normalized spacial score (nSPS) is 11.2. The fraction of sp³-hybridized carbons (Fsp3) is 0.214. The van der Waals surface area contributed by atoms with E-state index in [4.69, 9.17) is 14.6 Å². The van der Waals surface area contributed by atoms with Crippen molar-refractivity contribution in [2.45, 2.75) is 11.8 Å². The number of hydrogen-bond donors (Lipinski definition) is 1. The molecular weight excluding hydrogens is 326 g/mol. The lowest BCUT2D eigenvalue weighted by atomic mass is 10.3. The number of aryl methyl sites for hydroxylation is 1. The molecule has 0 aliphatic heterocycles. The van der Waals surface area contributed by atoms with Crippen LogP contribution in [-0.4, -0.2) is 27.6 Å². The Morgan fingerprint density at radius 3 is 2.41 bits per heavy atom. The lowest BCUT2D eigenvalue weighted by molar-refractivity contribution is 0.0455. The molecule has 0 saturated carbocycles. The third kappa shape index (κ3) is 4.30. The molecule has 1 aromatic heterocycles. The molecule has 0 aliphatic carbocycles. The summed E-state index contributed by atoms with van der Waals surface area (Å²) in [6.07, 6.45) is 0. The molecule has 0 saturated heterocycles. The molecule has 2 aromatic rings. The second kappa shape index (κ2) is 6.91. The molecule has 0 atom stereocenters. The third-order valence-corrected chi connectivity index (χ3v) is 4.71. The summed E-state index contributed by atoms with van der Waals surface area (Å²) in [7, 11) is -3.71. The van der Waals surface area contributed by atoms with Gasteiger partial charge in [-0.2, -0.15) is 0 Å². The van der Waals surface area contributed by atoms with Crippen LogP contribution in [-0.2, 0) is 14.8 Å². The number of thiophene rings is 1. The third-order valence-electron chi connectivity index (χ3n) is 2.78. The zero-order valence-electron chi connectivity index (χ0n) is 11.8. The SMILES string of the molecule is Cc1ccsc1C(=O)OCCOc1ccc(S(N)(=O)=O)cc1. The van der Waals surface area contributed by atoms with Crippen molar-refractivity contribution in [3.05, 3.63) is 46.2 Å². The summed E-state index contributed by atoms with van der Waals surface area (Å²) < 4.78 is 32.7. The van der Waals surface area contributed by atoms with Gasteiger partial charge in [-0.15, -0.1) is 11.3 Å². The minimum Gasteiger partial charge on any atom is -0.490 e. The Balaban J connectivity index is 1.80. The van der Waals surface area contributed by atoms with Gasteiger partial charge in [0.05, 0.1) is 4.90 Å². The summed E-state index contributed by atoms with van der Waals surface area (Å²) >= 11 is 1.33. The minimum atomic E-state index is -3.71. The van der Waals surface area contributed by atoms with Gasteiger partial charge in [-0.05, 0) is 48.2 Å². The second-order valence-electron chi connectivity index (χ2n) is 4.43. The Labute approximate surface area is 132 Å². The number of esters is 1. The summed E-state index contributed by atoms with van der Waals surface area (Å²) in [6.45, 7) is 2.12.